The molecule has 0 amide bonds. The SMILES string of the molecule is C=N.N=C/C(=C\N)c1ccc(=N)n(CSc2ccc3ncccc3c2F)n1. The Morgan fingerprint density at radius 3 is 2.74 bits per heavy atom. The smallest absolute Gasteiger partial charge is 0.146 e. The highest BCUT2D eigenvalue weighted by Crippen LogP contribution is 2.28. The lowest BCUT2D eigenvalue weighted by molar-refractivity contribution is 0.612. The zero-order valence-corrected chi connectivity index (χ0v) is 15.1. The Hall–Kier alpha value is -3.33. The number of nitrogens with one attached hydrogen (secondary N) is 3. The molecule has 0 fully saturated rings. The highest BCUT2D eigenvalue weighted by atomic mass is 32.2. The molecule has 0 radical (unpaired) electrons. The molecule has 2 aromatic heterocycles. The van der Waals surface area contributed by atoms with Crippen LogP contribution in [0.2, 0.25) is 0 Å². The summed E-state index contributed by atoms with van der Waals surface area (Å²) in [5, 5.41) is 25.5. The van der Waals surface area contributed by atoms with Gasteiger partial charge in [-0.1, -0.05) is 11.8 Å². The third-order valence-electron chi connectivity index (χ3n) is 3.56. The molecule has 138 valence electrons. The third kappa shape index (κ3) is 4.45. The van der Waals surface area contributed by atoms with Crippen molar-refractivity contribution in [2.45, 2.75) is 10.8 Å². The number of thioether (sulfide) groups is 1. The number of allylic oxidation sites excluding steroid dienone is 1. The molecule has 9 heteroatoms. The lowest BCUT2D eigenvalue weighted by Crippen LogP contribution is -2.22. The van der Waals surface area contributed by atoms with E-state index < -0.39 is 0 Å². The van der Waals surface area contributed by atoms with E-state index in [0.717, 1.165) is 6.21 Å². The number of benzene rings is 1. The average Bonchev–Trinajstić information content (AvgIpc) is 2.72. The fourth-order valence-corrected chi connectivity index (χ4v) is 3.12. The third-order valence-corrected chi connectivity index (χ3v) is 4.56. The second-order valence-electron chi connectivity index (χ2n) is 5.09. The number of rotatable bonds is 5. The van der Waals surface area contributed by atoms with Crippen molar-refractivity contribution in [2.75, 3.05) is 0 Å². The van der Waals surface area contributed by atoms with E-state index in [4.69, 9.17) is 22.0 Å². The van der Waals surface area contributed by atoms with Gasteiger partial charge in [0.05, 0.1) is 17.1 Å². The van der Waals surface area contributed by atoms with Crippen molar-refractivity contribution in [1.29, 1.82) is 16.2 Å². The number of aromatic nitrogens is 3. The Balaban J connectivity index is 0.00000126. The molecule has 0 saturated heterocycles. The summed E-state index contributed by atoms with van der Waals surface area (Å²) in [6, 6.07) is 10.0. The van der Waals surface area contributed by atoms with Gasteiger partial charge in [-0.25, -0.2) is 9.07 Å². The van der Waals surface area contributed by atoms with Gasteiger partial charge in [-0.3, -0.25) is 10.4 Å². The van der Waals surface area contributed by atoms with Crippen LogP contribution < -0.4 is 11.2 Å². The van der Waals surface area contributed by atoms with Gasteiger partial charge in [0.1, 0.15) is 11.3 Å². The van der Waals surface area contributed by atoms with Gasteiger partial charge in [-0.15, -0.1) is 0 Å². The minimum Gasteiger partial charge on any atom is -0.404 e. The monoisotopic (exact) mass is 383 g/mol. The first-order valence-corrected chi connectivity index (χ1v) is 8.69. The van der Waals surface area contributed by atoms with Crippen molar-refractivity contribution < 1.29 is 4.39 Å². The van der Waals surface area contributed by atoms with Crippen molar-refractivity contribution >= 4 is 41.2 Å². The van der Waals surface area contributed by atoms with Gasteiger partial charge in [0, 0.05) is 34.5 Å². The summed E-state index contributed by atoms with van der Waals surface area (Å²) in [7, 11) is 0. The molecular formula is C18H18FN7S. The van der Waals surface area contributed by atoms with Crippen LogP contribution in [0.4, 0.5) is 4.39 Å². The van der Waals surface area contributed by atoms with Gasteiger partial charge in [0.2, 0.25) is 0 Å². The quantitative estimate of drug-likeness (QED) is 0.399. The van der Waals surface area contributed by atoms with Gasteiger partial charge in [-0.05, 0) is 43.1 Å². The van der Waals surface area contributed by atoms with Gasteiger partial charge >= 0.3 is 0 Å². The largest absolute Gasteiger partial charge is 0.404 e. The Morgan fingerprint density at radius 2 is 2.04 bits per heavy atom. The Labute approximate surface area is 159 Å². The molecule has 0 aliphatic rings. The summed E-state index contributed by atoms with van der Waals surface area (Å²) < 4.78 is 16.0. The lowest BCUT2D eigenvalue weighted by Gasteiger charge is -2.09. The van der Waals surface area contributed by atoms with Crippen LogP contribution in [-0.4, -0.2) is 27.7 Å². The maximum atomic E-state index is 14.6. The first-order chi connectivity index (χ1) is 13.1. The molecule has 3 rings (SSSR count). The predicted molar refractivity (Wildman–Crippen MR) is 106 cm³/mol. The molecule has 0 bridgehead atoms. The molecule has 1 aromatic carbocycles. The minimum absolute atomic E-state index is 0.181. The van der Waals surface area contributed by atoms with Gasteiger partial charge < -0.3 is 16.6 Å². The van der Waals surface area contributed by atoms with Gasteiger partial charge in [-0.2, -0.15) is 5.10 Å². The molecular weight excluding hydrogens is 365 g/mol. The zero-order valence-electron chi connectivity index (χ0n) is 14.3. The van der Waals surface area contributed by atoms with Crippen LogP contribution in [0.1, 0.15) is 5.69 Å². The summed E-state index contributed by atoms with van der Waals surface area (Å²) in [4.78, 5) is 4.59. The number of hydrogen-bond acceptors (Lipinski definition) is 7. The van der Waals surface area contributed by atoms with Crippen molar-refractivity contribution in [2.24, 2.45) is 5.73 Å². The Bertz CT molecular complexity index is 1050. The molecule has 7 nitrogen and oxygen atoms in total. The molecule has 0 aliphatic heterocycles. The number of nitrogens with two attached hydrogens (primary N) is 1. The average molecular weight is 383 g/mol. The van der Waals surface area contributed by atoms with Crippen LogP contribution in [0, 0.1) is 22.0 Å². The summed E-state index contributed by atoms with van der Waals surface area (Å²) >= 11 is 1.23. The van der Waals surface area contributed by atoms with E-state index >= 15 is 0 Å². The fourth-order valence-electron chi connectivity index (χ4n) is 2.26. The molecule has 2 heterocycles. The first kappa shape index (κ1) is 20.0. The topological polar surface area (TPSA) is 128 Å². The second-order valence-corrected chi connectivity index (χ2v) is 6.08. The van der Waals surface area contributed by atoms with Crippen LogP contribution in [0.25, 0.3) is 16.5 Å². The predicted octanol–water partition coefficient (Wildman–Crippen LogP) is 3.01. The summed E-state index contributed by atoms with van der Waals surface area (Å²) in [5.74, 6) is -0.0773. The van der Waals surface area contributed by atoms with Gasteiger partial charge in [0.25, 0.3) is 0 Å². The van der Waals surface area contributed by atoms with Crippen LogP contribution >= 0.6 is 11.8 Å². The number of halogens is 1. The molecule has 0 saturated carbocycles. The Morgan fingerprint density at radius 1 is 1.26 bits per heavy atom. The van der Waals surface area contributed by atoms with E-state index in [0.29, 0.717) is 27.1 Å². The summed E-state index contributed by atoms with van der Waals surface area (Å²) in [5.41, 5.74) is 7.18. The summed E-state index contributed by atoms with van der Waals surface area (Å²) in [6.45, 7) is 2.50. The van der Waals surface area contributed by atoms with E-state index in [1.807, 2.05) is 0 Å². The Kier molecular flexibility index (Phi) is 6.95. The molecule has 0 unspecified atom stereocenters. The number of pyridine rings is 1. The van der Waals surface area contributed by atoms with E-state index in [9.17, 15) is 4.39 Å². The molecule has 0 spiro atoms. The van der Waals surface area contributed by atoms with Crippen LogP contribution in [0.5, 0.6) is 0 Å². The second kappa shape index (κ2) is 9.39. The normalized spacial score (nSPS) is 10.9. The standard InChI is InChI=1S/C17H15FN6S.CH3N/c18-17-12-2-1-7-22-14(12)3-5-15(17)25-10-24-16(21)6-4-13(23-24)11(8-19)9-20;1-2/h1-9,19,21H,10,20H2;2H,1H2/b11-9+,19-8?,21-16?;. The zero-order chi connectivity index (χ0) is 19.8. The highest BCUT2D eigenvalue weighted by molar-refractivity contribution is 7.98. The van der Waals surface area contributed by atoms with Crippen molar-refractivity contribution in [1.82, 2.24) is 14.8 Å². The first-order valence-electron chi connectivity index (χ1n) is 7.71. The fraction of sp³-hybridized carbons (Fsp3) is 0.0556. The molecule has 5 N–H and O–H groups in total. The van der Waals surface area contributed by atoms with Crippen LogP contribution in [0.15, 0.2) is 53.7 Å². The number of hydrogen-bond donors (Lipinski definition) is 4. The number of nitrogens with zero attached hydrogens (tertiary/aromatic N) is 3. The van der Waals surface area contributed by atoms with Gasteiger partial charge in [0.15, 0.2) is 0 Å². The van der Waals surface area contributed by atoms with E-state index in [2.05, 4.69) is 16.8 Å². The molecule has 0 aliphatic carbocycles. The number of fused-ring (bicyclic) bond motifs is 1. The maximum absolute atomic E-state index is 14.6. The van der Waals surface area contributed by atoms with Crippen molar-refractivity contribution in [3.63, 3.8) is 0 Å². The summed E-state index contributed by atoms with van der Waals surface area (Å²) in [6.07, 6.45) is 4.00. The maximum Gasteiger partial charge on any atom is 0.146 e. The van der Waals surface area contributed by atoms with Crippen molar-refractivity contribution in [3.8, 4) is 0 Å². The molecule has 0 atom stereocenters. The van der Waals surface area contributed by atoms with Crippen molar-refractivity contribution in [3.05, 3.63) is 65.8 Å². The van der Waals surface area contributed by atoms with Crippen LogP contribution in [-0.2, 0) is 5.88 Å². The molecule has 27 heavy (non-hydrogen) atoms. The minimum atomic E-state index is -0.332. The van der Waals surface area contributed by atoms with E-state index in [1.165, 1.54) is 22.6 Å². The lowest BCUT2D eigenvalue weighted by atomic mass is 10.2. The highest BCUT2D eigenvalue weighted by Gasteiger charge is 2.09. The van der Waals surface area contributed by atoms with E-state index in [-0.39, 0.29) is 17.2 Å². The molecule has 3 aromatic rings. The van der Waals surface area contributed by atoms with Crippen LogP contribution in [0.3, 0.4) is 0 Å². The van der Waals surface area contributed by atoms with E-state index in [1.54, 1.807) is 42.6 Å².